The highest BCUT2D eigenvalue weighted by Crippen LogP contribution is 2.41. The lowest BCUT2D eigenvalue weighted by atomic mass is 9.69. The first-order valence-corrected chi connectivity index (χ1v) is 5.16. The van der Waals surface area contributed by atoms with Gasteiger partial charge in [0.2, 0.25) is 0 Å². The maximum Gasteiger partial charge on any atom is 0.324 e. The van der Waals surface area contributed by atoms with E-state index in [1.165, 1.54) is 0 Å². The average Bonchev–Trinajstić information content (AvgIpc) is 2.17. The molecule has 3 heteroatoms. The second-order valence-corrected chi connectivity index (χ2v) is 4.58. The molecule has 14 heavy (non-hydrogen) atoms. The first-order chi connectivity index (χ1) is 6.52. The Balaban J connectivity index is 2.65. The topological polar surface area (TPSA) is 61.1 Å². The number of nitrogens with zero attached hydrogens (tertiary/aromatic N) is 1. The largest absolute Gasteiger partial charge is 0.480 e. The van der Waals surface area contributed by atoms with Gasteiger partial charge in [-0.05, 0) is 37.5 Å². The van der Waals surface area contributed by atoms with Crippen LogP contribution in [-0.2, 0) is 4.79 Å². The third-order valence-corrected chi connectivity index (χ3v) is 3.45. The van der Waals surface area contributed by atoms with E-state index < -0.39 is 11.4 Å². The monoisotopic (exact) mass is 195 g/mol. The van der Waals surface area contributed by atoms with Crippen molar-refractivity contribution in [1.82, 2.24) is 0 Å². The Morgan fingerprint density at radius 1 is 1.50 bits per heavy atom. The van der Waals surface area contributed by atoms with Gasteiger partial charge in [-0.3, -0.25) is 4.79 Å². The van der Waals surface area contributed by atoms with Crippen LogP contribution in [0.2, 0.25) is 0 Å². The van der Waals surface area contributed by atoms with Gasteiger partial charge in [-0.2, -0.15) is 5.26 Å². The van der Waals surface area contributed by atoms with Crippen molar-refractivity contribution < 1.29 is 9.90 Å². The molecule has 1 aliphatic rings. The van der Waals surface area contributed by atoms with Crippen molar-refractivity contribution in [1.29, 1.82) is 5.26 Å². The number of hydrogen-bond donors (Lipinski definition) is 1. The maximum absolute atomic E-state index is 11.0. The first kappa shape index (κ1) is 11.0. The summed E-state index contributed by atoms with van der Waals surface area (Å²) in [7, 11) is 0. The maximum atomic E-state index is 11.0. The zero-order valence-electron chi connectivity index (χ0n) is 8.79. The number of carboxylic acid groups (broad SMARTS) is 1. The Morgan fingerprint density at radius 3 is 2.29 bits per heavy atom. The molecular formula is C11H17NO2. The lowest BCUT2D eigenvalue weighted by Gasteiger charge is -2.33. The highest BCUT2D eigenvalue weighted by atomic mass is 16.4. The van der Waals surface area contributed by atoms with Gasteiger partial charge in [-0.15, -0.1) is 0 Å². The van der Waals surface area contributed by atoms with E-state index in [0.29, 0.717) is 24.7 Å². The predicted molar refractivity (Wildman–Crippen MR) is 52.5 cm³/mol. The van der Waals surface area contributed by atoms with Crippen LogP contribution in [0.1, 0.15) is 39.5 Å². The number of carboxylic acids is 1. The van der Waals surface area contributed by atoms with E-state index in [0.717, 1.165) is 12.8 Å². The summed E-state index contributed by atoms with van der Waals surface area (Å²) in [6.07, 6.45) is 2.78. The van der Waals surface area contributed by atoms with Gasteiger partial charge >= 0.3 is 5.97 Å². The summed E-state index contributed by atoms with van der Waals surface area (Å²) in [4.78, 5) is 11.0. The zero-order chi connectivity index (χ0) is 10.8. The van der Waals surface area contributed by atoms with Gasteiger partial charge in [0, 0.05) is 0 Å². The van der Waals surface area contributed by atoms with E-state index in [-0.39, 0.29) is 0 Å². The fourth-order valence-corrected chi connectivity index (χ4v) is 2.17. The summed E-state index contributed by atoms with van der Waals surface area (Å²) in [6, 6.07) is 1.98. The molecule has 1 fully saturated rings. The van der Waals surface area contributed by atoms with Gasteiger partial charge in [0.1, 0.15) is 0 Å². The Kier molecular flexibility index (Phi) is 3.15. The highest BCUT2D eigenvalue weighted by molar-refractivity contribution is 5.78. The van der Waals surface area contributed by atoms with Crippen molar-refractivity contribution in [2.75, 3.05) is 0 Å². The molecule has 0 radical (unpaired) electrons. The fourth-order valence-electron chi connectivity index (χ4n) is 2.17. The van der Waals surface area contributed by atoms with Gasteiger partial charge in [0.25, 0.3) is 0 Å². The Morgan fingerprint density at radius 2 is 2.00 bits per heavy atom. The summed E-state index contributed by atoms with van der Waals surface area (Å²) in [5.41, 5.74) is -1.09. The lowest BCUT2D eigenvalue weighted by molar-refractivity contribution is -0.147. The highest BCUT2D eigenvalue weighted by Gasteiger charge is 2.42. The molecule has 0 unspecified atom stereocenters. The molecule has 0 atom stereocenters. The van der Waals surface area contributed by atoms with Crippen molar-refractivity contribution in [2.45, 2.75) is 39.5 Å². The van der Waals surface area contributed by atoms with Crippen molar-refractivity contribution in [3.63, 3.8) is 0 Å². The Labute approximate surface area is 84.7 Å². The molecule has 0 spiro atoms. The summed E-state index contributed by atoms with van der Waals surface area (Å²) < 4.78 is 0. The van der Waals surface area contributed by atoms with Crippen LogP contribution in [0.3, 0.4) is 0 Å². The molecule has 78 valence electrons. The molecule has 0 amide bonds. The Bertz CT molecular complexity index is 257. The minimum atomic E-state index is -1.09. The first-order valence-electron chi connectivity index (χ1n) is 5.16. The predicted octanol–water partition coefficient (Wildman–Crippen LogP) is 2.43. The molecule has 0 aliphatic heterocycles. The summed E-state index contributed by atoms with van der Waals surface area (Å²) in [6.45, 7) is 4.32. The Hall–Kier alpha value is -1.04. The summed E-state index contributed by atoms with van der Waals surface area (Å²) >= 11 is 0. The normalized spacial score (nSPS) is 32.6. The zero-order valence-corrected chi connectivity index (χ0v) is 8.79. The molecule has 1 aliphatic carbocycles. The van der Waals surface area contributed by atoms with Crippen LogP contribution in [0.5, 0.6) is 0 Å². The minimum absolute atomic E-state index is 0.516. The molecule has 0 saturated heterocycles. The van der Waals surface area contributed by atoms with E-state index in [2.05, 4.69) is 13.8 Å². The van der Waals surface area contributed by atoms with Crippen LogP contribution in [0.15, 0.2) is 0 Å². The van der Waals surface area contributed by atoms with Crippen molar-refractivity contribution >= 4 is 5.97 Å². The SMILES string of the molecule is CC(C)C1CCC(C#N)(C(=O)O)CC1. The van der Waals surface area contributed by atoms with Crippen LogP contribution >= 0.6 is 0 Å². The fraction of sp³-hybridized carbons (Fsp3) is 0.818. The number of aliphatic carboxylic acids is 1. The molecular weight excluding hydrogens is 178 g/mol. The van der Waals surface area contributed by atoms with Crippen LogP contribution in [0.25, 0.3) is 0 Å². The van der Waals surface area contributed by atoms with E-state index in [1.807, 2.05) is 6.07 Å². The molecule has 0 aromatic heterocycles. The van der Waals surface area contributed by atoms with Crippen LogP contribution in [-0.4, -0.2) is 11.1 Å². The van der Waals surface area contributed by atoms with E-state index in [4.69, 9.17) is 10.4 Å². The van der Waals surface area contributed by atoms with Crippen LogP contribution < -0.4 is 0 Å². The molecule has 1 saturated carbocycles. The van der Waals surface area contributed by atoms with Crippen LogP contribution in [0, 0.1) is 28.6 Å². The van der Waals surface area contributed by atoms with Gasteiger partial charge in [0.05, 0.1) is 6.07 Å². The van der Waals surface area contributed by atoms with Gasteiger partial charge in [0.15, 0.2) is 5.41 Å². The van der Waals surface area contributed by atoms with Gasteiger partial charge in [-0.1, -0.05) is 13.8 Å². The van der Waals surface area contributed by atoms with Crippen molar-refractivity contribution in [2.24, 2.45) is 17.3 Å². The third kappa shape index (κ3) is 1.89. The van der Waals surface area contributed by atoms with Gasteiger partial charge < -0.3 is 5.11 Å². The molecule has 1 N–H and O–H groups in total. The molecule has 1 rings (SSSR count). The summed E-state index contributed by atoms with van der Waals surface area (Å²) in [5, 5.41) is 17.9. The molecule has 0 heterocycles. The van der Waals surface area contributed by atoms with E-state index in [9.17, 15) is 4.79 Å². The van der Waals surface area contributed by atoms with E-state index in [1.54, 1.807) is 0 Å². The molecule has 3 nitrogen and oxygen atoms in total. The number of nitriles is 1. The average molecular weight is 195 g/mol. The van der Waals surface area contributed by atoms with Crippen LogP contribution in [0.4, 0.5) is 0 Å². The smallest absolute Gasteiger partial charge is 0.324 e. The molecule has 0 bridgehead atoms. The van der Waals surface area contributed by atoms with Crippen molar-refractivity contribution in [3.05, 3.63) is 0 Å². The standard InChI is InChI=1S/C11H17NO2/c1-8(2)9-3-5-11(7-12,6-4-9)10(13)14/h8-9H,3-6H2,1-2H3,(H,13,14). The van der Waals surface area contributed by atoms with E-state index >= 15 is 0 Å². The lowest BCUT2D eigenvalue weighted by Crippen LogP contribution is -2.35. The van der Waals surface area contributed by atoms with Gasteiger partial charge in [-0.25, -0.2) is 0 Å². The second-order valence-electron chi connectivity index (χ2n) is 4.58. The molecule has 0 aromatic rings. The number of carbonyl (C=O) groups is 1. The number of rotatable bonds is 2. The number of hydrogen-bond acceptors (Lipinski definition) is 2. The third-order valence-electron chi connectivity index (χ3n) is 3.45. The quantitative estimate of drug-likeness (QED) is 0.736. The summed E-state index contributed by atoms with van der Waals surface area (Å²) in [5.74, 6) is 0.249. The minimum Gasteiger partial charge on any atom is -0.480 e. The van der Waals surface area contributed by atoms with Crippen molar-refractivity contribution in [3.8, 4) is 6.07 Å². The molecule has 0 aromatic carbocycles. The second kappa shape index (κ2) is 4.00.